The Balaban J connectivity index is 1.32. The molecule has 1 aliphatic rings. The molecule has 0 amide bonds. The minimum absolute atomic E-state index is 0.741. The number of piperidine rings is 1. The number of aryl methyl sites for hydroxylation is 2. The van der Waals surface area contributed by atoms with Crippen LogP contribution >= 0.6 is 11.6 Å². The smallest absolute Gasteiger partial charge is 0.139 e. The van der Waals surface area contributed by atoms with E-state index in [0.717, 1.165) is 45.5 Å². The van der Waals surface area contributed by atoms with Crippen LogP contribution in [0.2, 0.25) is 5.02 Å². The van der Waals surface area contributed by atoms with E-state index in [9.17, 15) is 0 Å². The molecule has 5 heteroatoms. The summed E-state index contributed by atoms with van der Waals surface area (Å²) in [7, 11) is 2.24. The zero-order valence-electron chi connectivity index (χ0n) is 18.5. The van der Waals surface area contributed by atoms with Gasteiger partial charge in [0.2, 0.25) is 0 Å². The summed E-state index contributed by atoms with van der Waals surface area (Å²) in [5.74, 6) is 1.83. The first kappa shape index (κ1) is 20.6. The predicted octanol–water partition coefficient (Wildman–Crippen LogP) is 6.66. The Hall–Kier alpha value is -2.30. The molecule has 1 saturated heterocycles. The van der Waals surface area contributed by atoms with E-state index in [1.165, 1.54) is 56.1 Å². The van der Waals surface area contributed by atoms with Gasteiger partial charge in [0.15, 0.2) is 0 Å². The van der Waals surface area contributed by atoms with Gasteiger partial charge in [0, 0.05) is 34.2 Å². The van der Waals surface area contributed by atoms with Crippen molar-refractivity contribution in [1.29, 1.82) is 0 Å². The summed E-state index contributed by atoms with van der Waals surface area (Å²) in [5, 5.41) is 1.99. The molecule has 4 aromatic rings. The zero-order valence-corrected chi connectivity index (χ0v) is 19.3. The predicted molar refractivity (Wildman–Crippen MR) is 131 cm³/mol. The molecule has 31 heavy (non-hydrogen) atoms. The van der Waals surface area contributed by atoms with E-state index in [2.05, 4.69) is 58.9 Å². The number of aromatic nitrogens is 3. The van der Waals surface area contributed by atoms with Crippen LogP contribution in [0.15, 0.2) is 42.6 Å². The fourth-order valence-electron chi connectivity index (χ4n) is 5.06. The molecule has 162 valence electrons. The average molecular weight is 435 g/mol. The molecule has 2 aromatic carbocycles. The number of rotatable bonds is 6. The lowest BCUT2D eigenvalue weighted by Crippen LogP contribution is -2.30. The largest absolute Gasteiger partial charge is 0.347 e. The van der Waals surface area contributed by atoms with E-state index in [0.29, 0.717) is 0 Å². The van der Waals surface area contributed by atoms with Gasteiger partial charge in [-0.15, -0.1) is 0 Å². The summed E-state index contributed by atoms with van der Waals surface area (Å²) in [6, 6.07) is 12.7. The minimum atomic E-state index is 0.741. The number of hydrogen-bond acceptors (Lipinski definition) is 2. The number of H-pyrrole nitrogens is 1. The Bertz CT molecular complexity index is 1200. The Labute approximate surface area is 189 Å². The third-order valence-electron chi connectivity index (χ3n) is 6.91. The van der Waals surface area contributed by atoms with Crippen LogP contribution in [-0.4, -0.2) is 39.6 Å². The quantitative estimate of drug-likeness (QED) is 0.344. The first-order valence-electron chi connectivity index (χ1n) is 11.5. The maximum Gasteiger partial charge on any atom is 0.139 e. The Morgan fingerprint density at radius 1 is 1.13 bits per heavy atom. The molecule has 0 bridgehead atoms. The fraction of sp³-hybridized carbons (Fsp3) is 0.423. The average Bonchev–Trinajstić information content (AvgIpc) is 3.37. The Morgan fingerprint density at radius 2 is 1.97 bits per heavy atom. The third kappa shape index (κ3) is 4.24. The van der Waals surface area contributed by atoms with Crippen molar-refractivity contribution in [2.75, 3.05) is 20.1 Å². The fourth-order valence-corrected chi connectivity index (χ4v) is 5.34. The number of halogens is 1. The van der Waals surface area contributed by atoms with E-state index in [-0.39, 0.29) is 0 Å². The maximum atomic E-state index is 6.24. The second-order valence-electron chi connectivity index (χ2n) is 9.19. The molecule has 1 fully saturated rings. The van der Waals surface area contributed by atoms with Crippen molar-refractivity contribution in [3.63, 3.8) is 0 Å². The van der Waals surface area contributed by atoms with Crippen LogP contribution in [0.5, 0.6) is 0 Å². The van der Waals surface area contributed by atoms with E-state index in [4.69, 9.17) is 16.6 Å². The van der Waals surface area contributed by atoms with Crippen molar-refractivity contribution in [1.82, 2.24) is 19.4 Å². The van der Waals surface area contributed by atoms with Gasteiger partial charge >= 0.3 is 0 Å². The van der Waals surface area contributed by atoms with E-state index < -0.39 is 0 Å². The molecule has 3 heterocycles. The molecule has 2 aromatic heterocycles. The normalized spacial score (nSPS) is 16.0. The van der Waals surface area contributed by atoms with Crippen LogP contribution < -0.4 is 0 Å². The van der Waals surface area contributed by atoms with Crippen molar-refractivity contribution >= 4 is 33.5 Å². The number of fused-ring (bicyclic) bond motifs is 2. The number of aromatic amines is 1. The number of hydrogen-bond donors (Lipinski definition) is 1. The first-order valence-corrected chi connectivity index (χ1v) is 11.9. The molecule has 0 saturated carbocycles. The van der Waals surface area contributed by atoms with Crippen molar-refractivity contribution in [2.45, 2.75) is 45.6 Å². The number of imidazole rings is 1. The first-order chi connectivity index (χ1) is 15.1. The van der Waals surface area contributed by atoms with Gasteiger partial charge in [0.05, 0.1) is 11.0 Å². The van der Waals surface area contributed by atoms with Crippen LogP contribution in [0.4, 0.5) is 0 Å². The highest BCUT2D eigenvalue weighted by Gasteiger charge is 2.16. The highest BCUT2D eigenvalue weighted by atomic mass is 35.5. The standard InChI is InChI=1S/C26H31ClN4/c1-18-16-20(27)17-23-25(18)29-26(28-23)22-7-5-8-24-21(22)11-15-31(24)12-4-3-6-19-9-13-30(2)14-10-19/h5,7-8,11,15-17,19H,3-4,6,9-10,12-14H2,1-2H3,(H,28,29). The van der Waals surface area contributed by atoms with E-state index >= 15 is 0 Å². The van der Waals surface area contributed by atoms with Crippen LogP contribution in [0, 0.1) is 12.8 Å². The van der Waals surface area contributed by atoms with Gasteiger partial charge in [0.1, 0.15) is 5.82 Å². The lowest BCUT2D eigenvalue weighted by atomic mass is 9.92. The monoisotopic (exact) mass is 434 g/mol. The highest BCUT2D eigenvalue weighted by molar-refractivity contribution is 6.31. The second-order valence-corrected chi connectivity index (χ2v) is 9.63. The van der Waals surface area contributed by atoms with Crippen LogP contribution in [0.25, 0.3) is 33.3 Å². The van der Waals surface area contributed by atoms with Gasteiger partial charge in [-0.25, -0.2) is 4.98 Å². The minimum Gasteiger partial charge on any atom is -0.347 e. The molecule has 0 spiro atoms. The summed E-state index contributed by atoms with van der Waals surface area (Å²) in [6.07, 6.45) is 8.90. The summed E-state index contributed by atoms with van der Waals surface area (Å²) in [5.41, 5.74) is 5.51. The maximum absolute atomic E-state index is 6.24. The molecule has 1 aliphatic heterocycles. The van der Waals surface area contributed by atoms with Crippen LogP contribution in [0.3, 0.4) is 0 Å². The molecule has 5 rings (SSSR count). The van der Waals surface area contributed by atoms with Gasteiger partial charge in [-0.3, -0.25) is 0 Å². The van der Waals surface area contributed by atoms with Gasteiger partial charge in [-0.2, -0.15) is 0 Å². The molecule has 0 unspecified atom stereocenters. The summed E-state index contributed by atoms with van der Waals surface area (Å²) in [6.45, 7) is 5.67. The van der Waals surface area contributed by atoms with E-state index in [1.54, 1.807) is 0 Å². The van der Waals surface area contributed by atoms with Gasteiger partial charge in [-0.05, 0) is 82.1 Å². The van der Waals surface area contributed by atoms with Gasteiger partial charge in [-0.1, -0.05) is 36.6 Å². The molecule has 0 aliphatic carbocycles. The second kappa shape index (κ2) is 8.68. The molecule has 0 atom stereocenters. The zero-order chi connectivity index (χ0) is 21.4. The van der Waals surface area contributed by atoms with Crippen LogP contribution in [0.1, 0.15) is 37.7 Å². The summed E-state index contributed by atoms with van der Waals surface area (Å²) >= 11 is 6.24. The molecule has 4 nitrogen and oxygen atoms in total. The topological polar surface area (TPSA) is 36.9 Å². The molecular weight excluding hydrogens is 404 g/mol. The molecule has 1 N–H and O–H groups in total. The van der Waals surface area contributed by atoms with E-state index in [1.807, 2.05) is 12.1 Å². The number of nitrogens with zero attached hydrogens (tertiary/aromatic N) is 3. The molecular formula is C26H31ClN4. The lowest BCUT2D eigenvalue weighted by molar-refractivity contribution is 0.209. The van der Waals surface area contributed by atoms with Gasteiger partial charge < -0.3 is 14.5 Å². The number of unbranched alkanes of at least 4 members (excludes halogenated alkanes) is 1. The van der Waals surface area contributed by atoms with Crippen molar-refractivity contribution < 1.29 is 0 Å². The molecule has 0 radical (unpaired) electrons. The SMILES string of the molecule is Cc1cc(Cl)cc2[nH]c(-c3cccc4c3ccn4CCCCC3CCN(C)CC3)nc12. The third-order valence-corrected chi connectivity index (χ3v) is 7.13. The van der Waals surface area contributed by atoms with Gasteiger partial charge in [0.25, 0.3) is 0 Å². The number of likely N-dealkylation sites (tertiary alicyclic amines) is 1. The number of nitrogens with one attached hydrogen (secondary N) is 1. The Kier molecular flexibility index (Phi) is 5.77. The number of benzene rings is 2. The summed E-state index contributed by atoms with van der Waals surface area (Å²) < 4.78 is 2.40. The van der Waals surface area contributed by atoms with Crippen LogP contribution in [-0.2, 0) is 6.54 Å². The Morgan fingerprint density at radius 3 is 2.81 bits per heavy atom. The van der Waals surface area contributed by atoms with Crippen molar-refractivity contribution in [3.05, 3.63) is 53.2 Å². The van der Waals surface area contributed by atoms with Crippen molar-refractivity contribution in [2.24, 2.45) is 5.92 Å². The van der Waals surface area contributed by atoms with Crippen molar-refractivity contribution in [3.8, 4) is 11.4 Å². The summed E-state index contributed by atoms with van der Waals surface area (Å²) in [4.78, 5) is 10.8. The highest BCUT2D eigenvalue weighted by Crippen LogP contribution is 2.31. The lowest BCUT2D eigenvalue weighted by Gasteiger charge is -2.28.